The molecule has 0 aliphatic rings. The molecule has 0 bridgehead atoms. The summed E-state index contributed by atoms with van der Waals surface area (Å²) in [5.41, 5.74) is 1.29. The maximum Gasteiger partial charge on any atom is 0.414 e. The monoisotopic (exact) mass is 352 g/mol. The molecule has 1 aromatic carbocycles. The Labute approximate surface area is 152 Å². The van der Waals surface area contributed by atoms with Crippen molar-refractivity contribution in [1.29, 1.82) is 0 Å². The molecule has 0 heterocycles. The number of nitrogens with zero attached hydrogens (tertiary/aromatic N) is 2. The van der Waals surface area contributed by atoms with Crippen LogP contribution in [0, 0.1) is 0 Å². The molecule has 4 nitrogen and oxygen atoms in total. The van der Waals surface area contributed by atoms with E-state index in [2.05, 4.69) is 17.5 Å². The first-order chi connectivity index (χ1) is 11.5. The standard InChI is InChI=1S/C19H32N2O2S/c1-20(2)14-8-15-21(3)19(22)23-18-12-10-17(11-13-18)9-6-4-5-7-16-24/h10-13,24H,4-9,14-16H2,1-3H3. The Morgan fingerprint density at radius 2 is 1.62 bits per heavy atom. The molecule has 1 aromatic rings. The van der Waals surface area contributed by atoms with Crippen molar-refractivity contribution in [2.45, 2.75) is 38.5 Å². The fourth-order valence-electron chi connectivity index (χ4n) is 2.41. The maximum absolute atomic E-state index is 12.0. The van der Waals surface area contributed by atoms with E-state index >= 15 is 0 Å². The van der Waals surface area contributed by atoms with E-state index in [1.807, 2.05) is 38.4 Å². The summed E-state index contributed by atoms with van der Waals surface area (Å²) in [6.45, 7) is 1.65. The van der Waals surface area contributed by atoms with Gasteiger partial charge in [-0.15, -0.1) is 0 Å². The number of aryl methyl sites for hydroxylation is 1. The van der Waals surface area contributed by atoms with Crippen LogP contribution in [0.5, 0.6) is 5.75 Å². The molecule has 0 spiro atoms. The molecule has 0 saturated heterocycles. The van der Waals surface area contributed by atoms with Crippen LogP contribution in [0.1, 0.15) is 37.7 Å². The van der Waals surface area contributed by atoms with Crippen molar-refractivity contribution in [3.8, 4) is 5.75 Å². The Morgan fingerprint density at radius 1 is 0.958 bits per heavy atom. The van der Waals surface area contributed by atoms with Gasteiger partial charge in [-0.3, -0.25) is 0 Å². The van der Waals surface area contributed by atoms with Gasteiger partial charge in [-0.25, -0.2) is 4.79 Å². The summed E-state index contributed by atoms with van der Waals surface area (Å²) in [5, 5.41) is 0. The molecule has 0 aliphatic heterocycles. The van der Waals surface area contributed by atoms with Gasteiger partial charge in [-0.05, 0) is 69.8 Å². The molecule has 0 unspecified atom stereocenters. The number of carbonyl (C=O) groups is 1. The van der Waals surface area contributed by atoms with Gasteiger partial charge in [0.05, 0.1) is 0 Å². The molecule has 0 saturated carbocycles. The summed E-state index contributed by atoms with van der Waals surface area (Å²) in [4.78, 5) is 15.8. The van der Waals surface area contributed by atoms with Crippen molar-refractivity contribution in [3.05, 3.63) is 29.8 Å². The normalized spacial score (nSPS) is 10.9. The third-order valence-electron chi connectivity index (χ3n) is 3.91. The van der Waals surface area contributed by atoms with Crippen LogP contribution < -0.4 is 4.74 Å². The molecule has 0 atom stereocenters. The van der Waals surface area contributed by atoms with E-state index in [9.17, 15) is 4.79 Å². The predicted octanol–water partition coefficient (Wildman–Crippen LogP) is 4.10. The number of hydrogen-bond donors (Lipinski definition) is 1. The average molecular weight is 353 g/mol. The van der Waals surface area contributed by atoms with Crippen molar-refractivity contribution in [3.63, 3.8) is 0 Å². The van der Waals surface area contributed by atoms with Gasteiger partial charge in [0, 0.05) is 13.6 Å². The Hall–Kier alpha value is -1.20. The number of ether oxygens (including phenoxy) is 1. The number of thiol groups is 1. The molecule has 0 aromatic heterocycles. The predicted molar refractivity (Wildman–Crippen MR) is 104 cm³/mol. The molecule has 0 aliphatic carbocycles. The van der Waals surface area contributed by atoms with Gasteiger partial charge < -0.3 is 14.5 Å². The number of hydrogen-bond acceptors (Lipinski definition) is 4. The molecule has 1 amide bonds. The number of carbonyl (C=O) groups excluding carboxylic acids is 1. The molecule has 5 heteroatoms. The van der Waals surface area contributed by atoms with E-state index in [1.54, 1.807) is 11.9 Å². The van der Waals surface area contributed by atoms with Crippen molar-refractivity contribution in [2.24, 2.45) is 0 Å². The smallest absolute Gasteiger partial charge is 0.410 e. The van der Waals surface area contributed by atoms with Crippen LogP contribution in [0.15, 0.2) is 24.3 Å². The van der Waals surface area contributed by atoms with E-state index in [4.69, 9.17) is 4.74 Å². The fourth-order valence-corrected chi connectivity index (χ4v) is 2.64. The highest BCUT2D eigenvalue weighted by atomic mass is 32.1. The second kappa shape index (κ2) is 12.2. The van der Waals surface area contributed by atoms with Gasteiger partial charge in [0.15, 0.2) is 0 Å². The molecular formula is C19H32N2O2S. The van der Waals surface area contributed by atoms with Crippen LogP contribution in [-0.2, 0) is 6.42 Å². The lowest BCUT2D eigenvalue weighted by molar-refractivity contribution is 0.161. The van der Waals surface area contributed by atoms with Crippen molar-refractivity contribution < 1.29 is 9.53 Å². The number of rotatable bonds is 11. The number of benzene rings is 1. The Morgan fingerprint density at radius 3 is 2.25 bits per heavy atom. The summed E-state index contributed by atoms with van der Waals surface area (Å²) in [5.74, 6) is 1.59. The lowest BCUT2D eigenvalue weighted by Gasteiger charge is -2.18. The highest BCUT2D eigenvalue weighted by molar-refractivity contribution is 7.80. The number of unbranched alkanes of at least 4 members (excludes halogenated alkanes) is 3. The van der Waals surface area contributed by atoms with Gasteiger partial charge in [-0.1, -0.05) is 25.0 Å². The molecule has 0 radical (unpaired) electrons. The first-order valence-corrected chi connectivity index (χ1v) is 9.43. The Kier molecular flexibility index (Phi) is 10.6. The second-order valence-electron chi connectivity index (χ2n) is 6.48. The largest absolute Gasteiger partial charge is 0.414 e. The van der Waals surface area contributed by atoms with Crippen LogP contribution in [-0.4, -0.2) is 55.9 Å². The van der Waals surface area contributed by atoms with Crippen molar-refractivity contribution in [2.75, 3.05) is 40.0 Å². The van der Waals surface area contributed by atoms with Gasteiger partial charge >= 0.3 is 6.09 Å². The Balaban J connectivity index is 2.31. The molecule has 1 rings (SSSR count). The maximum atomic E-state index is 12.0. The SMILES string of the molecule is CN(C)CCCN(C)C(=O)Oc1ccc(CCCCCCS)cc1. The first-order valence-electron chi connectivity index (χ1n) is 8.80. The third kappa shape index (κ3) is 9.18. The van der Waals surface area contributed by atoms with Gasteiger partial charge in [0.25, 0.3) is 0 Å². The zero-order valence-corrected chi connectivity index (χ0v) is 16.2. The second-order valence-corrected chi connectivity index (χ2v) is 6.93. The molecule has 136 valence electrons. The summed E-state index contributed by atoms with van der Waals surface area (Å²) < 4.78 is 5.41. The van der Waals surface area contributed by atoms with Crippen LogP contribution in [0.4, 0.5) is 4.79 Å². The quantitative estimate of drug-likeness (QED) is 0.481. The highest BCUT2D eigenvalue weighted by Gasteiger charge is 2.11. The fraction of sp³-hybridized carbons (Fsp3) is 0.632. The van der Waals surface area contributed by atoms with Gasteiger partial charge in [0.2, 0.25) is 0 Å². The minimum atomic E-state index is -0.298. The van der Waals surface area contributed by atoms with Crippen molar-refractivity contribution >= 4 is 18.7 Å². The van der Waals surface area contributed by atoms with E-state index in [1.165, 1.54) is 31.2 Å². The van der Waals surface area contributed by atoms with Crippen LogP contribution in [0.25, 0.3) is 0 Å². The van der Waals surface area contributed by atoms with Gasteiger partial charge in [-0.2, -0.15) is 12.6 Å². The van der Waals surface area contributed by atoms with Crippen molar-refractivity contribution in [1.82, 2.24) is 9.80 Å². The van der Waals surface area contributed by atoms with E-state index in [0.29, 0.717) is 12.3 Å². The van der Waals surface area contributed by atoms with Crippen LogP contribution in [0.3, 0.4) is 0 Å². The zero-order valence-electron chi connectivity index (χ0n) is 15.3. The van der Waals surface area contributed by atoms with E-state index in [-0.39, 0.29) is 6.09 Å². The first kappa shape index (κ1) is 20.8. The minimum Gasteiger partial charge on any atom is -0.410 e. The lowest BCUT2D eigenvalue weighted by Crippen LogP contribution is -2.32. The molecular weight excluding hydrogens is 320 g/mol. The number of amides is 1. The van der Waals surface area contributed by atoms with Crippen LogP contribution in [0.2, 0.25) is 0 Å². The Bertz CT molecular complexity index is 463. The summed E-state index contributed by atoms with van der Waals surface area (Å²) in [6, 6.07) is 7.86. The summed E-state index contributed by atoms with van der Waals surface area (Å²) in [6.07, 6.45) is 6.60. The lowest BCUT2D eigenvalue weighted by atomic mass is 10.1. The average Bonchev–Trinajstić information content (AvgIpc) is 2.55. The van der Waals surface area contributed by atoms with Crippen LogP contribution >= 0.6 is 12.6 Å². The molecule has 0 fully saturated rings. The molecule has 24 heavy (non-hydrogen) atoms. The highest BCUT2D eigenvalue weighted by Crippen LogP contribution is 2.15. The summed E-state index contributed by atoms with van der Waals surface area (Å²) >= 11 is 4.23. The van der Waals surface area contributed by atoms with E-state index < -0.39 is 0 Å². The third-order valence-corrected chi connectivity index (χ3v) is 4.23. The summed E-state index contributed by atoms with van der Waals surface area (Å²) in [7, 11) is 5.83. The van der Waals surface area contributed by atoms with E-state index in [0.717, 1.165) is 25.1 Å². The van der Waals surface area contributed by atoms with Gasteiger partial charge in [0.1, 0.15) is 5.75 Å². The zero-order chi connectivity index (χ0) is 17.8. The topological polar surface area (TPSA) is 32.8 Å². The minimum absolute atomic E-state index is 0.298. The molecule has 0 N–H and O–H groups in total.